The van der Waals surface area contributed by atoms with Crippen molar-refractivity contribution in [3.8, 4) is 0 Å². The molecule has 116 valence electrons. The zero-order valence-electron chi connectivity index (χ0n) is 12.7. The van der Waals surface area contributed by atoms with Gasteiger partial charge in [-0.3, -0.25) is 4.79 Å². The van der Waals surface area contributed by atoms with Crippen LogP contribution in [-0.4, -0.2) is 29.7 Å². The number of nitrogens with one attached hydrogen (secondary N) is 2. The summed E-state index contributed by atoms with van der Waals surface area (Å²) in [6, 6.07) is 0.00121. The Labute approximate surface area is 121 Å². The second kappa shape index (κ2) is 8.82. The van der Waals surface area contributed by atoms with E-state index in [0.717, 1.165) is 38.0 Å². The maximum Gasteiger partial charge on any atom is 0.315 e. The Hall–Kier alpha value is -1.26. The van der Waals surface area contributed by atoms with Crippen LogP contribution in [-0.2, 0) is 4.79 Å². The van der Waals surface area contributed by atoms with Crippen LogP contribution in [0.3, 0.4) is 0 Å². The number of carboxylic acids is 1. The predicted molar refractivity (Wildman–Crippen MR) is 78.6 cm³/mol. The molecule has 0 bridgehead atoms. The number of carbonyl (C=O) groups excluding carboxylic acids is 1. The van der Waals surface area contributed by atoms with Gasteiger partial charge in [0.15, 0.2) is 0 Å². The number of rotatable bonds is 6. The number of aliphatic carboxylic acids is 1. The number of hydrogen-bond donors (Lipinski definition) is 3. The summed E-state index contributed by atoms with van der Waals surface area (Å²) in [5.74, 6) is -0.582. The molecule has 0 saturated heterocycles. The van der Waals surface area contributed by atoms with Crippen LogP contribution in [0.5, 0.6) is 0 Å². The summed E-state index contributed by atoms with van der Waals surface area (Å²) >= 11 is 0. The molecule has 0 radical (unpaired) electrons. The van der Waals surface area contributed by atoms with Crippen LogP contribution < -0.4 is 10.6 Å². The van der Waals surface area contributed by atoms with Gasteiger partial charge in [-0.2, -0.15) is 0 Å². The van der Waals surface area contributed by atoms with E-state index in [-0.39, 0.29) is 18.6 Å². The van der Waals surface area contributed by atoms with Crippen molar-refractivity contribution in [3.63, 3.8) is 0 Å². The van der Waals surface area contributed by atoms with Crippen molar-refractivity contribution in [3.05, 3.63) is 0 Å². The fraction of sp³-hybridized carbons (Fsp3) is 0.867. The third-order valence-electron chi connectivity index (χ3n) is 4.09. The van der Waals surface area contributed by atoms with E-state index in [1.165, 1.54) is 6.42 Å². The average Bonchev–Trinajstić information content (AvgIpc) is 2.59. The van der Waals surface area contributed by atoms with Gasteiger partial charge in [0.1, 0.15) is 0 Å². The molecule has 3 N–H and O–H groups in total. The first kappa shape index (κ1) is 16.8. The maximum atomic E-state index is 11.8. The van der Waals surface area contributed by atoms with Crippen molar-refractivity contribution in [2.24, 2.45) is 11.8 Å². The third kappa shape index (κ3) is 6.26. The molecule has 1 aliphatic rings. The van der Waals surface area contributed by atoms with Gasteiger partial charge >= 0.3 is 12.0 Å². The summed E-state index contributed by atoms with van der Waals surface area (Å²) < 4.78 is 0. The van der Waals surface area contributed by atoms with E-state index >= 15 is 0 Å². The number of carboxylic acid groups (broad SMARTS) is 1. The van der Waals surface area contributed by atoms with Crippen molar-refractivity contribution in [1.29, 1.82) is 0 Å². The maximum absolute atomic E-state index is 11.8. The van der Waals surface area contributed by atoms with E-state index in [9.17, 15) is 9.59 Å². The van der Waals surface area contributed by atoms with Crippen LogP contribution in [0.1, 0.15) is 58.8 Å². The first-order valence-electron chi connectivity index (χ1n) is 7.80. The lowest BCUT2D eigenvalue weighted by molar-refractivity contribution is -0.141. The monoisotopic (exact) mass is 284 g/mol. The van der Waals surface area contributed by atoms with Crippen molar-refractivity contribution >= 4 is 12.0 Å². The minimum absolute atomic E-state index is 0.206. The van der Waals surface area contributed by atoms with Gasteiger partial charge < -0.3 is 15.7 Å². The molecule has 3 unspecified atom stereocenters. The summed E-state index contributed by atoms with van der Waals surface area (Å²) in [5.41, 5.74) is 0. The molecule has 3 atom stereocenters. The minimum Gasteiger partial charge on any atom is -0.481 e. The second-order valence-electron chi connectivity index (χ2n) is 5.99. The SMILES string of the molecule is CCCC(CNC(=O)NC1CCCC(C)CC1)C(=O)O. The molecule has 1 rings (SSSR count). The predicted octanol–water partition coefficient (Wildman–Crippen LogP) is 2.76. The normalized spacial score (nSPS) is 24.5. The van der Waals surface area contributed by atoms with Crippen molar-refractivity contribution in [2.75, 3.05) is 6.54 Å². The van der Waals surface area contributed by atoms with Crippen LogP contribution in [0.15, 0.2) is 0 Å². The van der Waals surface area contributed by atoms with Gasteiger partial charge in [0.05, 0.1) is 5.92 Å². The second-order valence-corrected chi connectivity index (χ2v) is 5.99. The quantitative estimate of drug-likeness (QED) is 0.656. The van der Waals surface area contributed by atoms with Crippen LogP contribution >= 0.6 is 0 Å². The molecule has 0 aromatic rings. The third-order valence-corrected chi connectivity index (χ3v) is 4.09. The zero-order valence-corrected chi connectivity index (χ0v) is 12.7. The van der Waals surface area contributed by atoms with Gasteiger partial charge in [-0.15, -0.1) is 0 Å². The molecule has 0 aromatic heterocycles. The molecule has 0 spiro atoms. The van der Waals surface area contributed by atoms with Crippen molar-refractivity contribution < 1.29 is 14.7 Å². The molecule has 2 amide bonds. The van der Waals surface area contributed by atoms with Gasteiger partial charge in [0.25, 0.3) is 0 Å². The molecule has 20 heavy (non-hydrogen) atoms. The van der Waals surface area contributed by atoms with Gasteiger partial charge in [0, 0.05) is 12.6 Å². The first-order chi connectivity index (χ1) is 9.52. The topological polar surface area (TPSA) is 78.4 Å². The molecular weight excluding hydrogens is 256 g/mol. The molecule has 1 aliphatic carbocycles. The Morgan fingerprint density at radius 2 is 2.00 bits per heavy atom. The highest BCUT2D eigenvalue weighted by Crippen LogP contribution is 2.22. The minimum atomic E-state index is -0.838. The first-order valence-corrected chi connectivity index (χ1v) is 7.80. The highest BCUT2D eigenvalue weighted by atomic mass is 16.4. The van der Waals surface area contributed by atoms with Crippen molar-refractivity contribution in [2.45, 2.75) is 64.8 Å². The van der Waals surface area contributed by atoms with Gasteiger partial charge in [0.2, 0.25) is 0 Å². The summed E-state index contributed by atoms with van der Waals surface area (Å²) in [4.78, 5) is 22.8. The van der Waals surface area contributed by atoms with Crippen LogP contribution in [0.2, 0.25) is 0 Å². The fourth-order valence-electron chi connectivity index (χ4n) is 2.75. The largest absolute Gasteiger partial charge is 0.481 e. The van der Waals surface area contributed by atoms with E-state index in [1.807, 2.05) is 6.92 Å². The van der Waals surface area contributed by atoms with E-state index < -0.39 is 11.9 Å². The van der Waals surface area contributed by atoms with Crippen molar-refractivity contribution in [1.82, 2.24) is 10.6 Å². The van der Waals surface area contributed by atoms with Gasteiger partial charge in [-0.25, -0.2) is 4.79 Å². The van der Waals surface area contributed by atoms with Crippen LogP contribution in [0, 0.1) is 11.8 Å². The smallest absolute Gasteiger partial charge is 0.315 e. The Morgan fingerprint density at radius 3 is 2.65 bits per heavy atom. The summed E-state index contributed by atoms with van der Waals surface area (Å²) in [6.07, 6.45) is 6.98. The van der Waals surface area contributed by atoms with Gasteiger partial charge in [-0.05, 0) is 31.6 Å². The Bertz CT molecular complexity index is 320. The molecule has 0 aliphatic heterocycles. The molecule has 0 heterocycles. The van der Waals surface area contributed by atoms with Gasteiger partial charge in [-0.1, -0.05) is 33.1 Å². The molecule has 1 saturated carbocycles. The number of amides is 2. The highest BCUT2D eigenvalue weighted by Gasteiger charge is 2.20. The van der Waals surface area contributed by atoms with Crippen LogP contribution in [0.25, 0.3) is 0 Å². The number of carbonyl (C=O) groups is 2. The lowest BCUT2D eigenvalue weighted by atomic mass is 10.0. The van der Waals surface area contributed by atoms with Crippen LogP contribution in [0.4, 0.5) is 4.79 Å². The van der Waals surface area contributed by atoms with E-state index in [2.05, 4.69) is 17.6 Å². The summed E-state index contributed by atoms with van der Waals surface area (Å²) in [6.45, 7) is 4.41. The standard InChI is InChI=1S/C15H28N2O3/c1-3-5-12(14(18)19)10-16-15(20)17-13-7-4-6-11(2)8-9-13/h11-13H,3-10H2,1-2H3,(H,18,19)(H2,16,17,20). The molecule has 5 heteroatoms. The zero-order chi connectivity index (χ0) is 15.0. The van der Waals surface area contributed by atoms with E-state index in [1.54, 1.807) is 0 Å². The van der Waals surface area contributed by atoms with E-state index in [4.69, 9.17) is 5.11 Å². The Kier molecular flexibility index (Phi) is 7.41. The molecule has 5 nitrogen and oxygen atoms in total. The highest BCUT2D eigenvalue weighted by molar-refractivity contribution is 5.76. The number of hydrogen-bond acceptors (Lipinski definition) is 2. The summed E-state index contributed by atoms with van der Waals surface area (Å²) in [7, 11) is 0. The van der Waals surface area contributed by atoms with E-state index in [0.29, 0.717) is 6.42 Å². The lowest BCUT2D eigenvalue weighted by Crippen LogP contribution is -2.44. The number of urea groups is 1. The Balaban J connectivity index is 2.30. The lowest BCUT2D eigenvalue weighted by Gasteiger charge is -2.18. The molecule has 1 fully saturated rings. The molecule has 0 aromatic carbocycles. The summed E-state index contributed by atoms with van der Waals surface area (Å²) in [5, 5.41) is 14.7. The fourth-order valence-corrected chi connectivity index (χ4v) is 2.75. The average molecular weight is 284 g/mol. The molecular formula is C15H28N2O3. The Morgan fingerprint density at radius 1 is 1.25 bits per heavy atom.